The smallest absolute Gasteiger partial charge is 0.338 e. The molecule has 4 nitrogen and oxygen atoms in total. The second kappa shape index (κ2) is 7.11. The van der Waals surface area contributed by atoms with Gasteiger partial charge in [0.25, 0.3) is 0 Å². The quantitative estimate of drug-likeness (QED) is 0.673. The summed E-state index contributed by atoms with van der Waals surface area (Å²) in [6.07, 6.45) is 0. The first-order chi connectivity index (χ1) is 10.5. The first-order valence-corrected chi connectivity index (χ1v) is 7.99. The number of carbonyl (C=O) groups excluding carboxylic acids is 1. The third-order valence-corrected chi connectivity index (χ3v) is 4.20. The van der Waals surface area contributed by atoms with Crippen molar-refractivity contribution in [3.8, 4) is 0 Å². The van der Waals surface area contributed by atoms with Gasteiger partial charge < -0.3 is 15.0 Å². The molecule has 6 heteroatoms. The fourth-order valence-corrected chi connectivity index (χ4v) is 3.05. The Hall–Kier alpha value is -1.59. The summed E-state index contributed by atoms with van der Waals surface area (Å²) < 4.78 is 5.22. The highest BCUT2D eigenvalue weighted by Crippen LogP contribution is 2.31. The Bertz CT molecular complexity index is 613. The highest BCUT2D eigenvalue weighted by Gasteiger charge is 2.34. The lowest BCUT2D eigenvalue weighted by molar-refractivity contribution is -0.139. The van der Waals surface area contributed by atoms with Gasteiger partial charge in [-0.3, -0.25) is 0 Å². The van der Waals surface area contributed by atoms with E-state index in [1.165, 1.54) is 0 Å². The number of benzene rings is 1. The largest absolute Gasteiger partial charge is 0.463 e. The van der Waals surface area contributed by atoms with Gasteiger partial charge >= 0.3 is 5.97 Å². The number of esters is 1. The third-order valence-electron chi connectivity index (χ3n) is 3.61. The standard InChI is InChI=1S/C16H19ClN2O2S/c1-4-19-10(3)13(15(20)21-5-2)14(18-16(19)22)11-6-8-12(17)9-7-11/h6-9,14H,4-5H2,1-3H3,(H,18,22)/t14-/m1/s1. The van der Waals surface area contributed by atoms with Gasteiger partial charge in [0.1, 0.15) is 0 Å². The minimum Gasteiger partial charge on any atom is -0.463 e. The van der Waals surface area contributed by atoms with Crippen molar-refractivity contribution in [2.75, 3.05) is 13.2 Å². The molecular formula is C16H19ClN2O2S. The van der Waals surface area contributed by atoms with E-state index in [4.69, 9.17) is 28.6 Å². The number of hydrogen-bond donors (Lipinski definition) is 1. The molecule has 0 fully saturated rings. The van der Waals surface area contributed by atoms with Crippen LogP contribution in [-0.4, -0.2) is 29.1 Å². The van der Waals surface area contributed by atoms with Crippen LogP contribution in [0.15, 0.2) is 35.5 Å². The van der Waals surface area contributed by atoms with Crippen molar-refractivity contribution in [2.45, 2.75) is 26.8 Å². The van der Waals surface area contributed by atoms with Gasteiger partial charge in [-0.25, -0.2) is 4.79 Å². The maximum atomic E-state index is 12.4. The molecule has 0 amide bonds. The molecule has 2 rings (SSSR count). The first kappa shape index (κ1) is 16.8. The Morgan fingerprint density at radius 2 is 2.00 bits per heavy atom. The summed E-state index contributed by atoms with van der Waals surface area (Å²) in [4.78, 5) is 14.3. The molecule has 0 aliphatic carbocycles. The zero-order valence-electron chi connectivity index (χ0n) is 12.9. The van der Waals surface area contributed by atoms with Crippen LogP contribution in [0.25, 0.3) is 0 Å². The monoisotopic (exact) mass is 338 g/mol. The molecule has 1 aliphatic heterocycles. The molecule has 0 aromatic heterocycles. The van der Waals surface area contributed by atoms with E-state index in [1.807, 2.05) is 30.9 Å². The van der Waals surface area contributed by atoms with E-state index in [2.05, 4.69) is 5.32 Å². The number of carbonyl (C=O) groups is 1. The zero-order valence-corrected chi connectivity index (χ0v) is 14.4. The van der Waals surface area contributed by atoms with E-state index in [0.29, 0.717) is 28.9 Å². The lowest BCUT2D eigenvalue weighted by Crippen LogP contribution is -2.47. The van der Waals surface area contributed by atoms with Gasteiger partial charge in [-0.15, -0.1) is 0 Å². The summed E-state index contributed by atoms with van der Waals surface area (Å²) in [5.74, 6) is -0.326. The van der Waals surface area contributed by atoms with Crippen molar-refractivity contribution < 1.29 is 9.53 Å². The fourth-order valence-electron chi connectivity index (χ4n) is 2.54. The predicted molar refractivity (Wildman–Crippen MR) is 91.6 cm³/mol. The molecule has 1 heterocycles. The van der Waals surface area contributed by atoms with Crippen molar-refractivity contribution in [3.05, 3.63) is 46.1 Å². The van der Waals surface area contributed by atoms with Crippen LogP contribution >= 0.6 is 23.8 Å². The fraction of sp³-hybridized carbons (Fsp3) is 0.375. The number of ether oxygens (including phenoxy) is 1. The van der Waals surface area contributed by atoms with Crippen LogP contribution in [0.4, 0.5) is 0 Å². The summed E-state index contributed by atoms with van der Waals surface area (Å²) in [5.41, 5.74) is 2.33. The zero-order chi connectivity index (χ0) is 16.3. The van der Waals surface area contributed by atoms with Crippen molar-refractivity contribution in [1.82, 2.24) is 10.2 Å². The van der Waals surface area contributed by atoms with E-state index >= 15 is 0 Å². The molecule has 0 bridgehead atoms. The van der Waals surface area contributed by atoms with E-state index in [0.717, 1.165) is 11.3 Å². The predicted octanol–water partition coefficient (Wildman–Crippen LogP) is 3.43. The molecule has 1 aliphatic rings. The van der Waals surface area contributed by atoms with Crippen molar-refractivity contribution >= 4 is 34.9 Å². The van der Waals surface area contributed by atoms with E-state index in [-0.39, 0.29) is 12.0 Å². The lowest BCUT2D eigenvalue weighted by Gasteiger charge is -2.37. The van der Waals surface area contributed by atoms with E-state index in [9.17, 15) is 4.79 Å². The average molecular weight is 339 g/mol. The SMILES string of the molecule is CCOC(=O)C1=C(C)N(CC)C(=S)N[C@@H]1c1ccc(Cl)cc1. The van der Waals surface area contributed by atoms with E-state index in [1.54, 1.807) is 19.1 Å². The summed E-state index contributed by atoms with van der Waals surface area (Å²) in [7, 11) is 0. The molecule has 22 heavy (non-hydrogen) atoms. The van der Waals surface area contributed by atoms with Gasteiger partial charge in [-0.2, -0.15) is 0 Å². The number of rotatable bonds is 4. The molecule has 0 saturated carbocycles. The van der Waals surface area contributed by atoms with Crippen LogP contribution in [0, 0.1) is 0 Å². The molecule has 118 valence electrons. The van der Waals surface area contributed by atoms with Crippen molar-refractivity contribution in [1.29, 1.82) is 0 Å². The molecule has 0 saturated heterocycles. The van der Waals surface area contributed by atoms with Gasteiger partial charge in [-0.1, -0.05) is 23.7 Å². The van der Waals surface area contributed by atoms with Crippen LogP contribution in [0.2, 0.25) is 5.02 Å². The minimum absolute atomic E-state index is 0.326. The molecule has 1 N–H and O–H groups in total. The topological polar surface area (TPSA) is 41.6 Å². The maximum absolute atomic E-state index is 12.4. The molecular weight excluding hydrogens is 320 g/mol. The van der Waals surface area contributed by atoms with Gasteiger partial charge in [0.2, 0.25) is 0 Å². The van der Waals surface area contributed by atoms with Crippen LogP contribution in [-0.2, 0) is 9.53 Å². The Morgan fingerprint density at radius 1 is 1.36 bits per heavy atom. The number of hydrogen-bond acceptors (Lipinski definition) is 3. The third kappa shape index (κ3) is 3.25. The molecule has 1 aromatic carbocycles. The summed E-state index contributed by atoms with van der Waals surface area (Å²) in [5, 5.41) is 4.48. The van der Waals surface area contributed by atoms with E-state index < -0.39 is 0 Å². The Kier molecular flexibility index (Phi) is 5.42. The summed E-state index contributed by atoms with van der Waals surface area (Å²) in [6.45, 7) is 6.70. The van der Waals surface area contributed by atoms with Crippen LogP contribution in [0.1, 0.15) is 32.4 Å². The highest BCUT2D eigenvalue weighted by atomic mass is 35.5. The Labute approximate surface area is 141 Å². The summed E-state index contributed by atoms with van der Waals surface area (Å²) >= 11 is 11.4. The van der Waals surface area contributed by atoms with Gasteiger partial charge in [0.05, 0.1) is 18.2 Å². The van der Waals surface area contributed by atoms with Gasteiger partial charge in [0, 0.05) is 17.3 Å². The number of thiocarbonyl (C=S) groups is 1. The van der Waals surface area contributed by atoms with Crippen LogP contribution < -0.4 is 5.32 Å². The van der Waals surface area contributed by atoms with Gasteiger partial charge in [0.15, 0.2) is 5.11 Å². The molecule has 0 unspecified atom stereocenters. The molecule has 1 aromatic rings. The highest BCUT2D eigenvalue weighted by molar-refractivity contribution is 7.80. The Morgan fingerprint density at radius 3 is 2.55 bits per heavy atom. The Balaban J connectivity index is 2.50. The lowest BCUT2D eigenvalue weighted by atomic mass is 9.95. The van der Waals surface area contributed by atoms with Crippen molar-refractivity contribution in [2.24, 2.45) is 0 Å². The number of halogens is 1. The van der Waals surface area contributed by atoms with Gasteiger partial charge in [-0.05, 0) is 50.7 Å². The molecule has 0 radical (unpaired) electrons. The van der Waals surface area contributed by atoms with Crippen LogP contribution in [0.5, 0.6) is 0 Å². The number of allylic oxidation sites excluding steroid dienone is 1. The second-order valence-electron chi connectivity index (χ2n) is 4.90. The normalized spacial score (nSPS) is 18.3. The first-order valence-electron chi connectivity index (χ1n) is 7.21. The number of nitrogens with one attached hydrogen (secondary N) is 1. The summed E-state index contributed by atoms with van der Waals surface area (Å²) in [6, 6.07) is 7.04. The average Bonchev–Trinajstić information content (AvgIpc) is 2.48. The molecule has 1 atom stereocenters. The van der Waals surface area contributed by atoms with Crippen molar-refractivity contribution in [3.63, 3.8) is 0 Å². The maximum Gasteiger partial charge on any atom is 0.338 e. The van der Waals surface area contributed by atoms with Crippen LogP contribution in [0.3, 0.4) is 0 Å². The number of nitrogens with zero attached hydrogens (tertiary/aromatic N) is 1. The minimum atomic E-state index is -0.327. The second-order valence-corrected chi connectivity index (χ2v) is 5.72. The molecule has 0 spiro atoms.